The van der Waals surface area contributed by atoms with Gasteiger partial charge >= 0.3 is 5.97 Å². The second-order valence-corrected chi connectivity index (χ2v) is 6.68. The van der Waals surface area contributed by atoms with Gasteiger partial charge in [0.05, 0.1) is 12.6 Å². The van der Waals surface area contributed by atoms with Gasteiger partial charge in [0.2, 0.25) is 23.6 Å². The second-order valence-electron chi connectivity index (χ2n) is 6.32. The Bertz CT molecular complexity index is 590. The van der Waals surface area contributed by atoms with Crippen LogP contribution in [0.25, 0.3) is 0 Å². The largest absolute Gasteiger partial charge is 0.480 e. The van der Waals surface area contributed by atoms with Crippen molar-refractivity contribution >= 4 is 42.2 Å². The number of aliphatic carboxylic acids is 1. The van der Waals surface area contributed by atoms with Gasteiger partial charge in [-0.3, -0.25) is 19.2 Å². The SMILES string of the molecule is NCCCCC(NC(=O)C(CCC(N)=O)NC(=O)CNC(=O)C(N)CS)C(=O)O. The molecule has 0 spiro atoms. The lowest BCUT2D eigenvalue weighted by atomic mass is 10.1. The predicted molar refractivity (Wildman–Crippen MR) is 108 cm³/mol. The highest BCUT2D eigenvalue weighted by Gasteiger charge is 2.26. The van der Waals surface area contributed by atoms with Gasteiger partial charge in [-0.15, -0.1) is 0 Å². The molecule has 0 bridgehead atoms. The molecule has 0 fully saturated rings. The van der Waals surface area contributed by atoms with E-state index in [0.717, 1.165) is 0 Å². The highest BCUT2D eigenvalue weighted by molar-refractivity contribution is 7.80. The van der Waals surface area contributed by atoms with Crippen LogP contribution in [0.2, 0.25) is 0 Å². The maximum Gasteiger partial charge on any atom is 0.326 e. The molecule has 166 valence electrons. The van der Waals surface area contributed by atoms with Gasteiger partial charge < -0.3 is 38.3 Å². The van der Waals surface area contributed by atoms with Crippen LogP contribution in [-0.2, 0) is 24.0 Å². The maximum absolute atomic E-state index is 12.4. The third-order valence-electron chi connectivity index (χ3n) is 3.85. The van der Waals surface area contributed by atoms with Crippen LogP contribution in [0.4, 0.5) is 0 Å². The molecule has 0 saturated carbocycles. The number of hydrogen-bond acceptors (Lipinski definition) is 8. The number of thiol groups is 1. The summed E-state index contributed by atoms with van der Waals surface area (Å²) < 4.78 is 0. The van der Waals surface area contributed by atoms with Crippen molar-refractivity contribution in [3.8, 4) is 0 Å². The van der Waals surface area contributed by atoms with Crippen LogP contribution >= 0.6 is 12.6 Å². The molecule has 13 heteroatoms. The van der Waals surface area contributed by atoms with Crippen LogP contribution in [0.1, 0.15) is 32.1 Å². The molecule has 3 atom stereocenters. The Morgan fingerprint density at radius 1 is 0.966 bits per heavy atom. The van der Waals surface area contributed by atoms with Crippen molar-refractivity contribution in [2.75, 3.05) is 18.8 Å². The van der Waals surface area contributed by atoms with Crippen LogP contribution in [0.15, 0.2) is 0 Å². The predicted octanol–water partition coefficient (Wildman–Crippen LogP) is -3.19. The first kappa shape index (κ1) is 26.6. The van der Waals surface area contributed by atoms with E-state index in [9.17, 15) is 29.1 Å². The Labute approximate surface area is 174 Å². The third-order valence-corrected chi connectivity index (χ3v) is 4.24. The molecule has 0 saturated heterocycles. The number of amides is 4. The monoisotopic (exact) mass is 434 g/mol. The molecular formula is C16H30N6O6S. The molecular weight excluding hydrogens is 404 g/mol. The first-order chi connectivity index (χ1) is 13.6. The van der Waals surface area contributed by atoms with Gasteiger partial charge in [-0.05, 0) is 32.2 Å². The Morgan fingerprint density at radius 3 is 2.14 bits per heavy atom. The molecule has 4 amide bonds. The maximum atomic E-state index is 12.4. The standard InChI is InChI=1S/C16H30N6O6S/c17-6-2-1-3-11(16(27)28)22-15(26)10(4-5-12(19)23)21-13(24)7-20-14(25)9(18)8-29/h9-11,29H,1-8,17-18H2,(H2,19,23)(H,20,25)(H,21,24)(H,22,26)(H,27,28). The molecule has 0 rings (SSSR count). The minimum atomic E-state index is -1.23. The summed E-state index contributed by atoms with van der Waals surface area (Å²) in [5.41, 5.74) is 15.9. The van der Waals surface area contributed by atoms with Gasteiger partial charge in [0.25, 0.3) is 0 Å². The fourth-order valence-electron chi connectivity index (χ4n) is 2.20. The number of rotatable bonds is 15. The number of carboxylic acids is 1. The number of hydrogen-bond donors (Lipinski definition) is 8. The molecule has 12 nitrogen and oxygen atoms in total. The molecule has 0 aliphatic heterocycles. The Hall–Kier alpha value is -2.38. The normalized spacial score (nSPS) is 13.6. The van der Waals surface area contributed by atoms with E-state index in [0.29, 0.717) is 19.4 Å². The number of carbonyl (C=O) groups excluding carboxylic acids is 4. The summed E-state index contributed by atoms with van der Waals surface area (Å²) in [5, 5.41) is 16.2. The van der Waals surface area contributed by atoms with Gasteiger partial charge in [-0.1, -0.05) is 0 Å². The highest BCUT2D eigenvalue weighted by Crippen LogP contribution is 2.04. The quantitative estimate of drug-likeness (QED) is 0.0966. The molecule has 29 heavy (non-hydrogen) atoms. The summed E-state index contributed by atoms with van der Waals surface area (Å²) in [6.07, 6.45) is 0.901. The molecule has 0 aromatic rings. The first-order valence-electron chi connectivity index (χ1n) is 9.07. The van der Waals surface area contributed by atoms with E-state index in [2.05, 4.69) is 28.6 Å². The van der Waals surface area contributed by atoms with Crippen LogP contribution in [0, 0.1) is 0 Å². The molecule has 0 aliphatic rings. The van der Waals surface area contributed by atoms with Gasteiger partial charge in [0.15, 0.2) is 0 Å². The lowest BCUT2D eigenvalue weighted by Gasteiger charge is -2.21. The summed E-state index contributed by atoms with van der Waals surface area (Å²) in [6.45, 7) is -0.0697. The van der Waals surface area contributed by atoms with Gasteiger partial charge in [-0.2, -0.15) is 12.6 Å². The first-order valence-corrected chi connectivity index (χ1v) is 9.70. The zero-order chi connectivity index (χ0) is 22.4. The van der Waals surface area contributed by atoms with Crippen LogP contribution in [0.5, 0.6) is 0 Å². The van der Waals surface area contributed by atoms with Crippen molar-refractivity contribution in [2.45, 2.75) is 50.2 Å². The Morgan fingerprint density at radius 2 is 1.62 bits per heavy atom. The van der Waals surface area contributed by atoms with E-state index >= 15 is 0 Å². The topological polar surface area (TPSA) is 220 Å². The molecule has 0 radical (unpaired) electrons. The molecule has 0 aromatic carbocycles. The fourth-order valence-corrected chi connectivity index (χ4v) is 2.37. The smallest absolute Gasteiger partial charge is 0.326 e. The third kappa shape index (κ3) is 11.9. The fraction of sp³-hybridized carbons (Fsp3) is 0.688. The molecule has 0 aliphatic carbocycles. The number of unbranched alkanes of at least 4 members (excludes halogenated alkanes) is 1. The molecule has 0 aromatic heterocycles. The zero-order valence-corrected chi connectivity index (χ0v) is 17.0. The van der Waals surface area contributed by atoms with Crippen molar-refractivity contribution < 1.29 is 29.1 Å². The van der Waals surface area contributed by atoms with Crippen LogP contribution < -0.4 is 33.2 Å². The minimum Gasteiger partial charge on any atom is -0.480 e. The van der Waals surface area contributed by atoms with E-state index < -0.39 is 54.3 Å². The van der Waals surface area contributed by atoms with Crippen molar-refractivity contribution in [1.29, 1.82) is 0 Å². The number of carboxylic acid groups (broad SMARTS) is 1. The summed E-state index contributed by atoms with van der Waals surface area (Å²) >= 11 is 3.87. The number of nitrogens with two attached hydrogens (primary N) is 3. The van der Waals surface area contributed by atoms with E-state index in [4.69, 9.17) is 17.2 Å². The lowest BCUT2D eigenvalue weighted by Crippen LogP contribution is -2.54. The van der Waals surface area contributed by atoms with E-state index in [1.807, 2.05) is 0 Å². The number of primary amides is 1. The zero-order valence-electron chi connectivity index (χ0n) is 16.1. The summed E-state index contributed by atoms with van der Waals surface area (Å²) in [4.78, 5) is 58.4. The Balaban J connectivity index is 4.93. The van der Waals surface area contributed by atoms with Gasteiger partial charge in [0, 0.05) is 12.2 Å². The molecule has 0 heterocycles. The van der Waals surface area contributed by atoms with Crippen molar-refractivity contribution in [3.05, 3.63) is 0 Å². The molecule has 10 N–H and O–H groups in total. The van der Waals surface area contributed by atoms with Crippen LogP contribution in [0.3, 0.4) is 0 Å². The van der Waals surface area contributed by atoms with Gasteiger partial charge in [-0.25, -0.2) is 4.79 Å². The average Bonchev–Trinajstić information content (AvgIpc) is 2.67. The number of nitrogens with one attached hydrogen (secondary N) is 3. The average molecular weight is 435 g/mol. The lowest BCUT2D eigenvalue weighted by molar-refractivity contribution is -0.142. The summed E-state index contributed by atoms with van der Waals surface area (Å²) in [5.74, 6) is -3.94. The Kier molecular flexibility index (Phi) is 13.4. The van der Waals surface area contributed by atoms with Crippen LogP contribution in [-0.4, -0.2) is 71.7 Å². The minimum absolute atomic E-state index is 0.0812. The highest BCUT2D eigenvalue weighted by atomic mass is 32.1. The van der Waals surface area contributed by atoms with Gasteiger partial charge in [0.1, 0.15) is 12.1 Å². The summed E-state index contributed by atoms with van der Waals surface area (Å²) in [7, 11) is 0. The van der Waals surface area contributed by atoms with Crippen molar-refractivity contribution in [3.63, 3.8) is 0 Å². The van der Waals surface area contributed by atoms with E-state index in [-0.39, 0.29) is 25.0 Å². The summed E-state index contributed by atoms with van der Waals surface area (Å²) in [6, 6.07) is -3.28. The van der Waals surface area contributed by atoms with Crippen molar-refractivity contribution in [1.82, 2.24) is 16.0 Å². The van der Waals surface area contributed by atoms with E-state index in [1.165, 1.54) is 0 Å². The molecule has 3 unspecified atom stereocenters. The van der Waals surface area contributed by atoms with E-state index in [1.54, 1.807) is 0 Å². The van der Waals surface area contributed by atoms with Crippen molar-refractivity contribution in [2.24, 2.45) is 17.2 Å². The number of carbonyl (C=O) groups is 5. The second kappa shape index (κ2) is 14.6.